The molecule has 4 rings (SSSR count). The van der Waals surface area contributed by atoms with Crippen molar-refractivity contribution in [3.63, 3.8) is 0 Å². The Balaban J connectivity index is 1.75. The average molecular weight is 474 g/mol. The molecule has 0 aromatic carbocycles. The minimum Gasteiger partial charge on any atom is -0.393 e. The first kappa shape index (κ1) is 20.4. The van der Waals surface area contributed by atoms with Crippen molar-refractivity contribution in [2.24, 2.45) is 5.92 Å². The van der Waals surface area contributed by atoms with Gasteiger partial charge in [-0.15, -0.1) is 0 Å². The Labute approximate surface area is 187 Å². The molecule has 3 atom stereocenters. The van der Waals surface area contributed by atoms with Crippen molar-refractivity contribution >= 4 is 27.0 Å². The Hall–Kier alpha value is -2.18. The molecule has 1 aliphatic heterocycles. The predicted molar refractivity (Wildman–Crippen MR) is 115 cm³/mol. The number of aliphatic hydroxyl groups excluding tert-OH is 1. The van der Waals surface area contributed by atoms with Crippen LogP contribution >= 0.6 is 0 Å². The Bertz CT molecular complexity index is 1260. The van der Waals surface area contributed by atoms with Gasteiger partial charge in [-0.05, 0) is 31.7 Å². The second-order valence-corrected chi connectivity index (χ2v) is 10.4. The molecule has 2 N–H and O–H groups in total. The van der Waals surface area contributed by atoms with Gasteiger partial charge in [-0.2, -0.15) is 4.98 Å². The number of aromatic nitrogens is 3. The summed E-state index contributed by atoms with van der Waals surface area (Å²) in [5.41, 5.74) is -1.98. The van der Waals surface area contributed by atoms with E-state index in [1.165, 1.54) is 10.5 Å². The van der Waals surface area contributed by atoms with E-state index in [0.29, 0.717) is 12.8 Å². The van der Waals surface area contributed by atoms with E-state index in [1.807, 2.05) is 0 Å². The summed E-state index contributed by atoms with van der Waals surface area (Å²) in [5, 5.41) is 13.2. The topological polar surface area (TPSA) is 117 Å². The van der Waals surface area contributed by atoms with Gasteiger partial charge in [0, 0.05) is 42.7 Å². The highest BCUT2D eigenvalue weighted by Gasteiger charge is 2.35. The van der Waals surface area contributed by atoms with Crippen LogP contribution in [0.5, 0.6) is 0 Å². The first-order valence-electron chi connectivity index (χ1n) is 11.4. The zero-order valence-electron chi connectivity index (χ0n) is 19.8. The molecular formula is C20H27F2N5O4S. The molecule has 1 saturated carbocycles. The van der Waals surface area contributed by atoms with Crippen LogP contribution in [0.25, 0.3) is 11.0 Å². The van der Waals surface area contributed by atoms with Crippen LogP contribution in [0, 0.1) is 5.92 Å². The molecule has 32 heavy (non-hydrogen) atoms. The highest BCUT2D eigenvalue weighted by atomic mass is 32.2. The van der Waals surface area contributed by atoms with E-state index < -0.39 is 51.6 Å². The van der Waals surface area contributed by atoms with Crippen molar-refractivity contribution in [3.05, 3.63) is 28.2 Å². The van der Waals surface area contributed by atoms with Crippen molar-refractivity contribution in [2.45, 2.75) is 57.2 Å². The molecule has 3 heterocycles. The van der Waals surface area contributed by atoms with Crippen molar-refractivity contribution in [1.29, 1.82) is 0 Å². The van der Waals surface area contributed by atoms with E-state index in [0.717, 1.165) is 16.9 Å². The van der Waals surface area contributed by atoms with Crippen molar-refractivity contribution < 1.29 is 25.0 Å². The maximum Gasteiger partial charge on any atom is 0.269 e. The molecule has 0 radical (unpaired) electrons. The molecule has 0 unspecified atom stereocenters. The molecule has 2 aromatic heterocycles. The van der Waals surface area contributed by atoms with Gasteiger partial charge >= 0.3 is 0 Å². The van der Waals surface area contributed by atoms with Crippen LogP contribution in [-0.2, 0) is 10.0 Å². The number of halogens is 2. The Morgan fingerprint density at radius 3 is 2.56 bits per heavy atom. The molecule has 1 aliphatic carbocycles. The quantitative estimate of drug-likeness (QED) is 0.681. The summed E-state index contributed by atoms with van der Waals surface area (Å²) >= 11 is 0. The zero-order valence-corrected chi connectivity index (χ0v) is 18.6. The molecule has 0 bridgehead atoms. The van der Waals surface area contributed by atoms with Crippen molar-refractivity contribution in [2.75, 3.05) is 24.7 Å². The molecular weight excluding hydrogens is 444 g/mol. The third kappa shape index (κ3) is 4.35. The molecule has 1 saturated heterocycles. The van der Waals surface area contributed by atoms with Crippen molar-refractivity contribution in [3.8, 4) is 0 Å². The van der Waals surface area contributed by atoms with Gasteiger partial charge in [0.25, 0.3) is 12.0 Å². The van der Waals surface area contributed by atoms with Gasteiger partial charge in [0.1, 0.15) is 7.02 Å². The lowest BCUT2D eigenvalue weighted by Gasteiger charge is -2.30. The third-order valence-corrected chi connectivity index (χ3v) is 7.67. The monoisotopic (exact) mass is 473 g/mol. The van der Waals surface area contributed by atoms with Gasteiger partial charge in [0.15, 0.2) is 0 Å². The SMILES string of the molecule is [2H]C1(Nc2ncc3cc(C([2H])(F)F)c(=O)n([C@H]4CC[C@H](O)[C@@H]4C)c3n2)CCN(S(C)(=O)=O)CC1. The summed E-state index contributed by atoms with van der Waals surface area (Å²) in [6, 6.07) is -0.953. The highest BCUT2D eigenvalue weighted by Crippen LogP contribution is 2.37. The van der Waals surface area contributed by atoms with E-state index in [4.69, 9.17) is 2.74 Å². The molecule has 0 spiro atoms. The van der Waals surface area contributed by atoms with Crippen LogP contribution in [-0.4, -0.2) is 63.8 Å². The number of piperidine rings is 1. The largest absolute Gasteiger partial charge is 0.393 e. The van der Waals surface area contributed by atoms with Gasteiger partial charge in [-0.25, -0.2) is 26.5 Å². The van der Waals surface area contributed by atoms with Crippen LogP contribution in [0.1, 0.15) is 53.4 Å². The predicted octanol–water partition coefficient (Wildman–Crippen LogP) is 1.90. The van der Waals surface area contributed by atoms with Crippen LogP contribution in [0.3, 0.4) is 0 Å². The minimum absolute atomic E-state index is 0.0000350. The summed E-state index contributed by atoms with van der Waals surface area (Å²) in [7, 11) is -3.37. The summed E-state index contributed by atoms with van der Waals surface area (Å²) in [6.07, 6.45) is -1.36. The number of fused-ring (bicyclic) bond motifs is 1. The summed E-state index contributed by atoms with van der Waals surface area (Å²) in [5.74, 6) is -0.398. The van der Waals surface area contributed by atoms with Crippen LogP contribution in [0.15, 0.2) is 17.1 Å². The number of nitrogens with one attached hydrogen (secondary N) is 1. The number of alkyl halides is 2. The third-order valence-electron chi connectivity index (χ3n) is 6.36. The normalized spacial score (nSPS) is 27.8. The molecule has 176 valence electrons. The summed E-state index contributed by atoms with van der Waals surface area (Å²) < 4.78 is 69.5. The summed E-state index contributed by atoms with van der Waals surface area (Å²) in [4.78, 5) is 21.6. The highest BCUT2D eigenvalue weighted by molar-refractivity contribution is 7.88. The molecule has 9 nitrogen and oxygen atoms in total. The fourth-order valence-electron chi connectivity index (χ4n) is 4.48. The van der Waals surface area contributed by atoms with Gasteiger partial charge in [-0.1, -0.05) is 6.92 Å². The minimum atomic E-state index is -4.12. The number of hydrogen-bond donors (Lipinski definition) is 2. The maximum atomic E-state index is 13.9. The van der Waals surface area contributed by atoms with E-state index >= 15 is 0 Å². The van der Waals surface area contributed by atoms with Gasteiger partial charge in [0.2, 0.25) is 16.0 Å². The fourth-order valence-corrected chi connectivity index (χ4v) is 5.33. The van der Waals surface area contributed by atoms with Gasteiger partial charge in [-0.3, -0.25) is 9.36 Å². The van der Waals surface area contributed by atoms with Gasteiger partial charge < -0.3 is 10.4 Å². The first-order chi connectivity index (χ1) is 15.7. The van der Waals surface area contributed by atoms with E-state index in [-0.39, 0.29) is 42.9 Å². The Kier molecular flexibility index (Phi) is 5.51. The average Bonchev–Trinajstić information content (AvgIpc) is 3.04. The fraction of sp³-hybridized carbons (Fsp3) is 0.650. The number of pyridine rings is 1. The van der Waals surface area contributed by atoms with Crippen LogP contribution in [0.2, 0.25) is 0 Å². The van der Waals surface area contributed by atoms with Crippen LogP contribution < -0.4 is 10.9 Å². The number of hydrogen-bond acceptors (Lipinski definition) is 7. The number of aliphatic hydroxyl groups is 1. The molecule has 2 aliphatic rings. The smallest absolute Gasteiger partial charge is 0.269 e. The lowest BCUT2D eigenvalue weighted by molar-refractivity contribution is 0.127. The Morgan fingerprint density at radius 2 is 2.00 bits per heavy atom. The second-order valence-electron chi connectivity index (χ2n) is 8.43. The zero-order chi connectivity index (χ0) is 25.1. The number of anilines is 1. The van der Waals surface area contributed by atoms with Gasteiger partial charge in [0.05, 0.1) is 19.3 Å². The molecule has 0 amide bonds. The molecule has 12 heteroatoms. The standard InChI is InChI=1S/C20H27F2N5O4S/c1-11-15(3-4-16(11)28)27-18-12(9-14(17(21)22)19(27)29)10-23-20(25-18)24-13-5-7-26(8-6-13)32(2,30)31/h9-11,13,15-17,28H,3-8H2,1-2H3,(H,23,24,25)/t11-,15+,16+/m1/s1/i13D,17D. The lowest BCUT2D eigenvalue weighted by Crippen LogP contribution is -2.42. The second kappa shape index (κ2) is 8.64. The van der Waals surface area contributed by atoms with E-state index in [1.54, 1.807) is 6.92 Å². The number of rotatable bonds is 5. The van der Waals surface area contributed by atoms with E-state index in [2.05, 4.69) is 15.3 Å². The summed E-state index contributed by atoms with van der Waals surface area (Å²) in [6.45, 7) is 2.01. The Morgan fingerprint density at radius 1 is 1.31 bits per heavy atom. The molecule has 2 aromatic rings. The lowest BCUT2D eigenvalue weighted by atomic mass is 10.0. The number of sulfonamides is 1. The van der Waals surface area contributed by atoms with Crippen LogP contribution in [0.4, 0.5) is 14.7 Å². The van der Waals surface area contributed by atoms with E-state index in [9.17, 15) is 27.1 Å². The number of nitrogens with zero attached hydrogens (tertiary/aromatic N) is 4. The maximum absolute atomic E-state index is 13.9. The van der Waals surface area contributed by atoms with Crippen molar-refractivity contribution in [1.82, 2.24) is 18.8 Å². The first-order valence-corrected chi connectivity index (χ1v) is 12.3. The molecule has 2 fully saturated rings.